The molecule has 2 aromatic rings. The maximum absolute atomic E-state index is 12.1. The lowest BCUT2D eigenvalue weighted by molar-refractivity contribution is 0.0955. The van der Waals surface area contributed by atoms with E-state index >= 15 is 0 Å². The van der Waals surface area contributed by atoms with Gasteiger partial charge in [-0.2, -0.15) is 5.10 Å². The van der Waals surface area contributed by atoms with Gasteiger partial charge in [0.25, 0.3) is 5.91 Å². The zero-order chi connectivity index (χ0) is 16.5. The van der Waals surface area contributed by atoms with Crippen molar-refractivity contribution in [2.75, 3.05) is 0 Å². The molecule has 0 radical (unpaired) electrons. The predicted octanol–water partition coefficient (Wildman–Crippen LogP) is 4.68. The lowest BCUT2D eigenvalue weighted by atomic mass is 9.97. The lowest BCUT2D eigenvalue weighted by Crippen LogP contribution is -2.22. The number of hydrogen-bond acceptors (Lipinski definition) is 2. The average molecular weight is 412 g/mol. The Hall–Kier alpha value is -1.36. The van der Waals surface area contributed by atoms with E-state index in [-0.39, 0.29) is 5.91 Å². The Morgan fingerprint density at radius 3 is 2.48 bits per heavy atom. The molecule has 0 heterocycles. The van der Waals surface area contributed by atoms with E-state index in [2.05, 4.69) is 26.5 Å². The SMILES string of the molecule is O=C(N/N=C\[C@]1(c2ccccc2)CC1(Cl)Cl)c1cccc(Br)c1. The molecule has 0 aromatic heterocycles. The molecule has 0 saturated heterocycles. The fraction of sp³-hybridized carbons (Fsp3) is 0.176. The molecule has 3 nitrogen and oxygen atoms in total. The Morgan fingerprint density at radius 1 is 1.17 bits per heavy atom. The summed E-state index contributed by atoms with van der Waals surface area (Å²) >= 11 is 15.9. The van der Waals surface area contributed by atoms with Crippen molar-refractivity contribution in [3.8, 4) is 0 Å². The summed E-state index contributed by atoms with van der Waals surface area (Å²) in [5, 5.41) is 4.07. The summed E-state index contributed by atoms with van der Waals surface area (Å²) in [5.74, 6) is -0.291. The van der Waals surface area contributed by atoms with Crippen LogP contribution in [0.1, 0.15) is 22.3 Å². The average Bonchev–Trinajstić information content (AvgIpc) is 3.10. The van der Waals surface area contributed by atoms with Gasteiger partial charge in [0.2, 0.25) is 0 Å². The van der Waals surface area contributed by atoms with E-state index in [0.717, 1.165) is 10.0 Å². The summed E-state index contributed by atoms with van der Waals surface area (Å²) in [5.41, 5.74) is 3.45. The smallest absolute Gasteiger partial charge is 0.267 e. The number of carbonyl (C=O) groups is 1. The number of nitrogens with zero attached hydrogens (tertiary/aromatic N) is 1. The quantitative estimate of drug-likeness (QED) is 0.443. The first kappa shape index (κ1) is 16.5. The van der Waals surface area contributed by atoms with Crippen molar-refractivity contribution in [1.29, 1.82) is 0 Å². The molecule has 1 atom stereocenters. The molecule has 0 spiro atoms. The van der Waals surface area contributed by atoms with E-state index in [9.17, 15) is 4.79 Å². The second-order valence-electron chi connectivity index (χ2n) is 5.43. The molecule has 2 aromatic carbocycles. The Kier molecular flexibility index (Phi) is 4.50. The van der Waals surface area contributed by atoms with Crippen molar-refractivity contribution in [2.45, 2.75) is 16.2 Å². The molecular formula is C17H13BrCl2N2O. The molecule has 0 unspecified atom stereocenters. The van der Waals surface area contributed by atoms with Crippen molar-refractivity contribution < 1.29 is 4.79 Å². The van der Waals surface area contributed by atoms with Gasteiger partial charge < -0.3 is 0 Å². The van der Waals surface area contributed by atoms with Gasteiger partial charge in [-0.05, 0) is 30.2 Å². The van der Waals surface area contributed by atoms with E-state index < -0.39 is 9.75 Å². The number of hydrazone groups is 1. The summed E-state index contributed by atoms with van der Waals surface area (Å²) in [4.78, 5) is 12.1. The van der Waals surface area contributed by atoms with Gasteiger partial charge in [-0.3, -0.25) is 4.79 Å². The molecule has 118 valence electrons. The summed E-state index contributed by atoms with van der Waals surface area (Å²) in [6, 6.07) is 16.8. The van der Waals surface area contributed by atoms with E-state index in [1.165, 1.54) is 0 Å². The molecule has 0 aliphatic heterocycles. The molecule has 23 heavy (non-hydrogen) atoms. The minimum absolute atomic E-state index is 0.291. The zero-order valence-electron chi connectivity index (χ0n) is 12.0. The number of halogens is 3. The second kappa shape index (κ2) is 6.27. The van der Waals surface area contributed by atoms with Gasteiger partial charge in [0, 0.05) is 16.3 Å². The van der Waals surface area contributed by atoms with Crippen LogP contribution >= 0.6 is 39.1 Å². The Morgan fingerprint density at radius 2 is 1.87 bits per heavy atom. The van der Waals surface area contributed by atoms with Crippen LogP contribution in [0.15, 0.2) is 64.2 Å². The Bertz CT molecular complexity index is 764. The van der Waals surface area contributed by atoms with Crippen LogP contribution in [-0.2, 0) is 5.41 Å². The molecule has 1 N–H and O–H groups in total. The highest BCUT2D eigenvalue weighted by Gasteiger charge is 2.66. The van der Waals surface area contributed by atoms with Crippen LogP contribution in [0.25, 0.3) is 0 Å². The third-order valence-electron chi connectivity index (χ3n) is 3.86. The maximum atomic E-state index is 12.1. The van der Waals surface area contributed by atoms with Crippen LogP contribution in [0.2, 0.25) is 0 Å². The van der Waals surface area contributed by atoms with Gasteiger partial charge >= 0.3 is 0 Å². The second-order valence-corrected chi connectivity index (χ2v) is 7.83. The van der Waals surface area contributed by atoms with Crippen molar-refractivity contribution in [1.82, 2.24) is 5.43 Å². The number of amides is 1. The van der Waals surface area contributed by atoms with Crippen LogP contribution in [0.5, 0.6) is 0 Å². The zero-order valence-corrected chi connectivity index (χ0v) is 15.1. The highest BCUT2D eigenvalue weighted by Crippen LogP contribution is 2.63. The molecule has 6 heteroatoms. The number of alkyl halides is 2. The van der Waals surface area contributed by atoms with Crippen molar-refractivity contribution in [2.24, 2.45) is 5.10 Å². The highest BCUT2D eigenvalue weighted by atomic mass is 79.9. The third kappa shape index (κ3) is 3.30. The number of carbonyl (C=O) groups excluding carboxylic acids is 1. The van der Waals surface area contributed by atoms with Crippen LogP contribution in [0.4, 0.5) is 0 Å². The van der Waals surface area contributed by atoms with Crippen molar-refractivity contribution in [3.05, 3.63) is 70.2 Å². The number of hydrogen-bond donors (Lipinski definition) is 1. The molecule has 1 saturated carbocycles. The van der Waals surface area contributed by atoms with Crippen molar-refractivity contribution >= 4 is 51.3 Å². The van der Waals surface area contributed by atoms with Crippen LogP contribution in [0, 0.1) is 0 Å². The molecule has 3 rings (SSSR count). The summed E-state index contributed by atoms with van der Waals surface area (Å²) in [7, 11) is 0. The lowest BCUT2D eigenvalue weighted by Gasteiger charge is -2.13. The maximum Gasteiger partial charge on any atom is 0.271 e. The first-order valence-corrected chi connectivity index (χ1v) is 8.53. The van der Waals surface area contributed by atoms with Gasteiger partial charge in [0.05, 0.1) is 5.41 Å². The molecule has 0 bridgehead atoms. The van der Waals surface area contributed by atoms with E-state index in [0.29, 0.717) is 12.0 Å². The fourth-order valence-electron chi connectivity index (χ4n) is 2.46. The predicted molar refractivity (Wildman–Crippen MR) is 97.3 cm³/mol. The fourth-order valence-corrected chi connectivity index (χ4v) is 3.60. The van der Waals surface area contributed by atoms with Gasteiger partial charge in [-0.15, -0.1) is 23.2 Å². The molecule has 1 fully saturated rings. The highest BCUT2D eigenvalue weighted by molar-refractivity contribution is 9.10. The van der Waals surface area contributed by atoms with Crippen LogP contribution in [0.3, 0.4) is 0 Å². The monoisotopic (exact) mass is 410 g/mol. The standard InChI is InChI=1S/C17H13BrCl2N2O/c18-14-8-4-5-12(9-14)15(23)22-21-11-16(10-17(16,19)20)13-6-2-1-3-7-13/h1-9,11H,10H2,(H,22,23)/b21-11-/t16-/m0/s1. The summed E-state index contributed by atoms with van der Waals surface area (Å²) in [6.45, 7) is 0. The summed E-state index contributed by atoms with van der Waals surface area (Å²) < 4.78 is -0.0733. The number of nitrogens with one attached hydrogen (secondary N) is 1. The largest absolute Gasteiger partial charge is 0.271 e. The normalized spacial score (nSPS) is 22.0. The minimum atomic E-state index is -0.904. The van der Waals surface area contributed by atoms with Gasteiger partial charge in [-0.1, -0.05) is 52.3 Å². The van der Waals surface area contributed by atoms with E-state index in [4.69, 9.17) is 23.2 Å². The van der Waals surface area contributed by atoms with Gasteiger partial charge in [0.15, 0.2) is 0 Å². The van der Waals surface area contributed by atoms with Crippen molar-refractivity contribution in [3.63, 3.8) is 0 Å². The molecule has 1 aliphatic rings. The molecule has 1 aliphatic carbocycles. The summed E-state index contributed by atoms with van der Waals surface area (Å²) in [6.07, 6.45) is 2.18. The Balaban J connectivity index is 1.75. The first-order chi connectivity index (χ1) is 10.9. The molecule has 1 amide bonds. The van der Waals surface area contributed by atoms with Crippen LogP contribution in [-0.4, -0.2) is 16.5 Å². The van der Waals surface area contributed by atoms with Gasteiger partial charge in [-0.25, -0.2) is 5.43 Å². The number of benzene rings is 2. The first-order valence-electron chi connectivity index (χ1n) is 6.98. The topological polar surface area (TPSA) is 41.5 Å². The van der Waals surface area contributed by atoms with E-state index in [1.54, 1.807) is 24.4 Å². The Labute approximate surface area is 152 Å². The van der Waals surface area contributed by atoms with Crippen LogP contribution < -0.4 is 5.43 Å². The van der Waals surface area contributed by atoms with E-state index in [1.807, 2.05) is 36.4 Å². The third-order valence-corrected chi connectivity index (χ3v) is 5.29. The molecular weight excluding hydrogens is 399 g/mol. The van der Waals surface area contributed by atoms with Gasteiger partial charge in [0.1, 0.15) is 4.33 Å². The number of rotatable bonds is 4. The minimum Gasteiger partial charge on any atom is -0.267 e.